The molecule has 6 nitrogen and oxygen atoms in total. The van der Waals surface area contributed by atoms with Crippen LogP contribution in [0.15, 0.2) is 18.2 Å². The Morgan fingerprint density at radius 1 is 1.21 bits per heavy atom. The van der Waals surface area contributed by atoms with Gasteiger partial charge >= 0.3 is 6.18 Å². The number of carbonyl (C=O) groups is 2. The van der Waals surface area contributed by atoms with Crippen LogP contribution >= 0.6 is 0 Å². The van der Waals surface area contributed by atoms with Crippen molar-refractivity contribution in [1.82, 2.24) is 9.80 Å². The molecule has 0 spiro atoms. The summed E-state index contributed by atoms with van der Waals surface area (Å²) < 4.78 is 41.4. The Morgan fingerprint density at radius 2 is 1.85 bits per heavy atom. The number of hydrogen-bond acceptors (Lipinski definition) is 4. The smallest absolute Gasteiger partial charge is 0.390 e. The average molecular weight is 484 g/mol. The summed E-state index contributed by atoms with van der Waals surface area (Å²) in [6.07, 6.45) is -2.40. The molecule has 1 saturated carbocycles. The Balaban J connectivity index is 1.95. The predicted molar refractivity (Wildman–Crippen MR) is 123 cm³/mol. The van der Waals surface area contributed by atoms with Crippen LogP contribution in [0.3, 0.4) is 0 Å². The van der Waals surface area contributed by atoms with Crippen LogP contribution in [0.25, 0.3) is 0 Å². The molecule has 1 aromatic rings. The summed E-state index contributed by atoms with van der Waals surface area (Å²) in [5.41, 5.74) is 2.73. The molecule has 0 aromatic heterocycles. The van der Waals surface area contributed by atoms with Gasteiger partial charge in [0.05, 0.1) is 17.1 Å². The van der Waals surface area contributed by atoms with Crippen molar-refractivity contribution < 1.29 is 27.9 Å². The molecule has 2 fully saturated rings. The van der Waals surface area contributed by atoms with Crippen LogP contribution in [-0.4, -0.2) is 64.0 Å². The summed E-state index contributed by atoms with van der Waals surface area (Å²) >= 11 is 0. The Hall–Kier alpha value is -2.13. The molecule has 4 atom stereocenters. The predicted octanol–water partition coefficient (Wildman–Crippen LogP) is 3.77. The molecule has 1 saturated heterocycles. The third-order valence-electron chi connectivity index (χ3n) is 7.75. The number of alkyl halides is 3. The quantitative estimate of drug-likeness (QED) is 0.645. The van der Waals surface area contributed by atoms with Crippen molar-refractivity contribution in [2.75, 3.05) is 13.6 Å². The highest BCUT2D eigenvalue weighted by Gasteiger charge is 2.49. The van der Waals surface area contributed by atoms with Crippen LogP contribution in [0.2, 0.25) is 0 Å². The van der Waals surface area contributed by atoms with E-state index in [-0.39, 0.29) is 42.1 Å². The van der Waals surface area contributed by atoms with Crippen molar-refractivity contribution in [2.45, 2.75) is 89.2 Å². The van der Waals surface area contributed by atoms with Gasteiger partial charge < -0.3 is 20.6 Å². The minimum atomic E-state index is -4.72. The van der Waals surface area contributed by atoms with Gasteiger partial charge in [0.25, 0.3) is 0 Å². The number of nitrogens with zero attached hydrogens (tertiary/aromatic N) is 2. The monoisotopic (exact) mass is 483 g/mol. The van der Waals surface area contributed by atoms with Crippen LogP contribution in [0.1, 0.15) is 80.8 Å². The number of benzene rings is 1. The average Bonchev–Trinajstić information content (AvgIpc) is 3.11. The van der Waals surface area contributed by atoms with E-state index in [9.17, 15) is 27.9 Å². The van der Waals surface area contributed by atoms with Crippen molar-refractivity contribution in [1.29, 1.82) is 0 Å². The fourth-order valence-electron chi connectivity index (χ4n) is 5.76. The number of rotatable bonds is 6. The first-order valence-corrected chi connectivity index (χ1v) is 11.9. The Labute approximate surface area is 199 Å². The summed E-state index contributed by atoms with van der Waals surface area (Å²) in [5.74, 6) is -2.75. The molecule has 2 amide bonds. The minimum absolute atomic E-state index is 0.163. The first kappa shape index (κ1) is 26.5. The van der Waals surface area contributed by atoms with Gasteiger partial charge in [0.1, 0.15) is 0 Å². The molecule has 2 aliphatic rings. The van der Waals surface area contributed by atoms with Crippen LogP contribution in [0, 0.1) is 5.92 Å². The molecule has 0 bridgehead atoms. The van der Waals surface area contributed by atoms with E-state index >= 15 is 0 Å². The molecule has 1 aliphatic heterocycles. The Morgan fingerprint density at radius 3 is 2.38 bits per heavy atom. The summed E-state index contributed by atoms with van der Waals surface area (Å²) in [6, 6.07) is 3.56. The van der Waals surface area contributed by atoms with Gasteiger partial charge in [-0.25, -0.2) is 0 Å². The molecule has 34 heavy (non-hydrogen) atoms. The van der Waals surface area contributed by atoms with E-state index < -0.39 is 35.1 Å². The van der Waals surface area contributed by atoms with Crippen molar-refractivity contribution in [3.63, 3.8) is 0 Å². The van der Waals surface area contributed by atoms with Gasteiger partial charge in [0.15, 0.2) is 0 Å². The second-order valence-corrected chi connectivity index (χ2v) is 10.6. The fraction of sp³-hybridized carbons (Fsp3) is 0.680. The van der Waals surface area contributed by atoms with Crippen LogP contribution < -0.4 is 5.73 Å². The van der Waals surface area contributed by atoms with Gasteiger partial charge in [-0.1, -0.05) is 6.07 Å². The molecule has 1 aliphatic carbocycles. The number of carbonyl (C=O) groups excluding carboxylic acids is 2. The maximum absolute atomic E-state index is 13.8. The van der Waals surface area contributed by atoms with E-state index in [4.69, 9.17) is 5.73 Å². The zero-order valence-corrected chi connectivity index (χ0v) is 20.5. The fourth-order valence-corrected chi connectivity index (χ4v) is 5.76. The van der Waals surface area contributed by atoms with Crippen LogP contribution in [0.5, 0.6) is 0 Å². The van der Waals surface area contributed by atoms with E-state index in [1.165, 1.54) is 6.07 Å². The maximum atomic E-state index is 13.8. The topological polar surface area (TPSA) is 86.9 Å². The number of nitrogens with two attached hydrogens (primary N) is 1. The Bertz CT molecular complexity index is 926. The lowest BCUT2D eigenvalue weighted by Crippen LogP contribution is -2.55. The van der Waals surface area contributed by atoms with E-state index in [0.29, 0.717) is 18.9 Å². The highest BCUT2D eigenvalue weighted by atomic mass is 19.4. The van der Waals surface area contributed by atoms with Crippen molar-refractivity contribution in [3.05, 3.63) is 34.9 Å². The van der Waals surface area contributed by atoms with E-state index in [1.807, 2.05) is 7.05 Å². The number of halogens is 3. The van der Waals surface area contributed by atoms with Gasteiger partial charge in [-0.15, -0.1) is 0 Å². The summed E-state index contributed by atoms with van der Waals surface area (Å²) in [7, 11) is 2.05. The summed E-state index contributed by atoms with van der Waals surface area (Å²) in [5, 5.41) is 11.0. The highest BCUT2D eigenvalue weighted by molar-refractivity contribution is 5.98. The third kappa shape index (κ3) is 5.10. The van der Waals surface area contributed by atoms with Gasteiger partial charge in [0.2, 0.25) is 11.8 Å². The van der Waals surface area contributed by atoms with Gasteiger partial charge in [-0.2, -0.15) is 13.2 Å². The lowest BCUT2D eigenvalue weighted by atomic mass is 9.72. The number of likely N-dealkylation sites (tertiary alicyclic amines) is 1. The Kier molecular flexibility index (Phi) is 7.39. The van der Waals surface area contributed by atoms with Crippen molar-refractivity contribution in [3.8, 4) is 0 Å². The zero-order valence-electron chi connectivity index (χ0n) is 20.5. The van der Waals surface area contributed by atoms with Crippen molar-refractivity contribution in [2.24, 2.45) is 11.7 Å². The molecule has 1 heterocycles. The highest BCUT2D eigenvalue weighted by Crippen LogP contribution is 2.44. The molecule has 0 unspecified atom stereocenters. The summed E-state index contributed by atoms with van der Waals surface area (Å²) in [6.45, 7) is 7.94. The number of amides is 2. The molecule has 3 rings (SSSR count). The van der Waals surface area contributed by atoms with Gasteiger partial charge in [0, 0.05) is 36.2 Å². The van der Waals surface area contributed by atoms with Crippen LogP contribution in [0.4, 0.5) is 13.2 Å². The molecular formula is C25H36F3N3O3. The molecule has 1 aromatic carbocycles. The van der Waals surface area contributed by atoms with Gasteiger partial charge in [-0.3, -0.25) is 9.59 Å². The molecule has 190 valence electrons. The minimum Gasteiger partial charge on any atom is -0.390 e. The van der Waals surface area contributed by atoms with E-state index in [2.05, 4.69) is 18.7 Å². The maximum Gasteiger partial charge on any atom is 0.416 e. The number of primary amides is 1. The first-order chi connectivity index (χ1) is 15.6. The number of aliphatic hydroxyl groups is 1. The van der Waals surface area contributed by atoms with Crippen molar-refractivity contribution >= 4 is 11.8 Å². The normalized spacial score (nSPS) is 26.6. The van der Waals surface area contributed by atoms with E-state index in [0.717, 1.165) is 18.6 Å². The third-order valence-corrected chi connectivity index (χ3v) is 7.75. The van der Waals surface area contributed by atoms with Gasteiger partial charge in [-0.05, 0) is 78.1 Å². The molecule has 0 radical (unpaired) electrons. The lowest BCUT2D eigenvalue weighted by Gasteiger charge is -2.48. The number of hydrogen-bond donors (Lipinski definition) is 2. The molecule has 9 heteroatoms. The van der Waals surface area contributed by atoms with E-state index in [1.54, 1.807) is 18.7 Å². The SMILES string of the molecule is CC(C)N(C)[C@@H]1CC[C@H](N2CC[C@@H](c3c(C(N)=O)cccc3C(F)(F)F)C2=O)[C@H](C(C)(C)O)C1. The molecule has 3 N–H and O–H groups in total. The largest absolute Gasteiger partial charge is 0.416 e. The lowest BCUT2D eigenvalue weighted by molar-refractivity contribution is -0.139. The zero-order chi connectivity index (χ0) is 25.6. The second-order valence-electron chi connectivity index (χ2n) is 10.6. The first-order valence-electron chi connectivity index (χ1n) is 11.9. The second kappa shape index (κ2) is 9.49. The standard InChI is InChI=1S/C25H36F3N3O3/c1-14(2)30(5)15-9-10-20(19(13-15)24(3,4)34)31-12-11-17(23(31)33)21-16(22(29)32)7-6-8-18(21)25(26,27)28/h6-8,14-15,17,19-20,34H,9-13H2,1-5H3,(H2,29,32)/t15-,17+,19-,20+/m1/s1. The molecular weight excluding hydrogens is 447 g/mol. The van der Waals surface area contributed by atoms with Crippen LogP contribution in [-0.2, 0) is 11.0 Å². The summed E-state index contributed by atoms with van der Waals surface area (Å²) in [4.78, 5) is 29.4.